The van der Waals surface area contributed by atoms with E-state index in [2.05, 4.69) is 0 Å². The summed E-state index contributed by atoms with van der Waals surface area (Å²) in [4.78, 5) is 15.0. The van der Waals surface area contributed by atoms with E-state index in [9.17, 15) is 13.2 Å². The third kappa shape index (κ3) is 4.07. The summed E-state index contributed by atoms with van der Waals surface area (Å²) in [5.41, 5.74) is 3.68. The van der Waals surface area contributed by atoms with Gasteiger partial charge in [0.25, 0.3) is 0 Å². The van der Waals surface area contributed by atoms with E-state index in [0.717, 1.165) is 22.3 Å². The molecule has 30 heavy (non-hydrogen) atoms. The van der Waals surface area contributed by atoms with Gasteiger partial charge in [-0.25, -0.2) is 8.42 Å². The lowest BCUT2D eigenvalue weighted by atomic mass is 9.98. The SMILES string of the molecule is Cc1ccc(S(=O)(=O)C2CC(c3ccccc3)=CN(Cc3ccccc3)C2=O)cc1. The molecule has 1 heterocycles. The van der Waals surface area contributed by atoms with E-state index in [-0.39, 0.29) is 17.2 Å². The molecule has 0 saturated heterocycles. The molecular formula is C25H23NO3S. The maximum Gasteiger partial charge on any atom is 0.245 e. The van der Waals surface area contributed by atoms with Gasteiger partial charge in [0.15, 0.2) is 9.84 Å². The van der Waals surface area contributed by atoms with Crippen molar-refractivity contribution in [2.45, 2.75) is 30.0 Å². The van der Waals surface area contributed by atoms with E-state index in [0.29, 0.717) is 6.54 Å². The minimum Gasteiger partial charge on any atom is -0.313 e. The number of aryl methyl sites for hydroxylation is 1. The third-order valence-corrected chi connectivity index (χ3v) is 7.39. The normalized spacial score (nSPS) is 17.0. The summed E-state index contributed by atoms with van der Waals surface area (Å²) in [6.07, 6.45) is 1.95. The summed E-state index contributed by atoms with van der Waals surface area (Å²) >= 11 is 0. The van der Waals surface area contributed by atoms with Gasteiger partial charge in [-0.3, -0.25) is 4.79 Å². The van der Waals surface area contributed by atoms with Gasteiger partial charge in [0.1, 0.15) is 5.25 Å². The number of sulfone groups is 1. The number of amides is 1. The van der Waals surface area contributed by atoms with Crippen molar-refractivity contribution in [2.24, 2.45) is 0 Å². The molecule has 0 aliphatic carbocycles. The quantitative estimate of drug-likeness (QED) is 0.609. The summed E-state index contributed by atoms with van der Waals surface area (Å²) in [6, 6.07) is 25.9. The average Bonchev–Trinajstić information content (AvgIpc) is 2.76. The lowest BCUT2D eigenvalue weighted by Crippen LogP contribution is -2.43. The fourth-order valence-corrected chi connectivity index (χ4v) is 5.30. The van der Waals surface area contributed by atoms with Crippen LogP contribution in [0.1, 0.15) is 23.1 Å². The summed E-state index contributed by atoms with van der Waals surface area (Å²) < 4.78 is 26.8. The fraction of sp³-hybridized carbons (Fsp3) is 0.160. The summed E-state index contributed by atoms with van der Waals surface area (Å²) in [7, 11) is -3.83. The third-order valence-electron chi connectivity index (χ3n) is 5.34. The van der Waals surface area contributed by atoms with Crippen LogP contribution in [-0.2, 0) is 21.2 Å². The molecule has 152 valence electrons. The molecule has 0 radical (unpaired) electrons. The molecule has 3 aromatic carbocycles. The van der Waals surface area contributed by atoms with Crippen molar-refractivity contribution in [1.29, 1.82) is 0 Å². The monoisotopic (exact) mass is 417 g/mol. The van der Waals surface area contributed by atoms with Crippen LogP contribution in [0.3, 0.4) is 0 Å². The molecule has 0 bridgehead atoms. The predicted molar refractivity (Wildman–Crippen MR) is 118 cm³/mol. The highest BCUT2D eigenvalue weighted by Gasteiger charge is 2.40. The average molecular weight is 418 g/mol. The second-order valence-corrected chi connectivity index (χ2v) is 9.65. The zero-order valence-electron chi connectivity index (χ0n) is 16.7. The van der Waals surface area contributed by atoms with Gasteiger partial charge in [-0.1, -0.05) is 78.4 Å². The molecule has 1 aliphatic rings. The van der Waals surface area contributed by atoms with Crippen LogP contribution in [0.25, 0.3) is 5.57 Å². The highest BCUT2D eigenvalue weighted by molar-refractivity contribution is 7.92. The molecule has 5 heteroatoms. The van der Waals surface area contributed by atoms with E-state index in [1.54, 1.807) is 30.5 Å². The van der Waals surface area contributed by atoms with Crippen molar-refractivity contribution in [3.05, 3.63) is 108 Å². The number of benzene rings is 3. The van der Waals surface area contributed by atoms with Crippen molar-refractivity contribution in [2.75, 3.05) is 0 Å². The van der Waals surface area contributed by atoms with E-state index in [1.165, 1.54) is 4.90 Å². The van der Waals surface area contributed by atoms with Crippen LogP contribution in [0.4, 0.5) is 0 Å². The van der Waals surface area contributed by atoms with Crippen LogP contribution in [0.2, 0.25) is 0 Å². The van der Waals surface area contributed by atoms with Gasteiger partial charge >= 0.3 is 0 Å². The maximum atomic E-state index is 13.4. The summed E-state index contributed by atoms with van der Waals surface area (Å²) in [6.45, 7) is 2.23. The summed E-state index contributed by atoms with van der Waals surface area (Å²) in [5.74, 6) is -0.390. The lowest BCUT2D eigenvalue weighted by molar-refractivity contribution is -0.129. The first-order valence-electron chi connectivity index (χ1n) is 9.86. The van der Waals surface area contributed by atoms with Crippen molar-refractivity contribution in [1.82, 2.24) is 4.90 Å². The first-order valence-corrected chi connectivity index (χ1v) is 11.4. The number of rotatable bonds is 5. The predicted octanol–water partition coefficient (Wildman–Crippen LogP) is 4.61. The molecule has 0 fully saturated rings. The highest BCUT2D eigenvalue weighted by Crippen LogP contribution is 2.33. The molecule has 0 N–H and O–H groups in total. The van der Waals surface area contributed by atoms with Crippen LogP contribution in [0, 0.1) is 6.92 Å². The van der Waals surface area contributed by atoms with E-state index >= 15 is 0 Å². The van der Waals surface area contributed by atoms with E-state index < -0.39 is 15.1 Å². The van der Waals surface area contributed by atoms with Crippen LogP contribution in [0.15, 0.2) is 96.0 Å². The smallest absolute Gasteiger partial charge is 0.245 e. The number of carbonyl (C=O) groups excluding carboxylic acids is 1. The van der Waals surface area contributed by atoms with Gasteiger partial charge in [-0.05, 0) is 35.8 Å². The second kappa shape index (κ2) is 8.28. The Balaban J connectivity index is 1.75. The Bertz CT molecular complexity index is 1170. The van der Waals surface area contributed by atoms with Crippen LogP contribution in [0.5, 0.6) is 0 Å². The summed E-state index contributed by atoms with van der Waals surface area (Å²) in [5, 5.41) is -1.15. The molecule has 1 amide bonds. The molecule has 4 rings (SSSR count). The van der Waals surface area contributed by atoms with Gasteiger partial charge < -0.3 is 4.90 Å². The Hall–Kier alpha value is -3.18. The second-order valence-electron chi connectivity index (χ2n) is 7.52. The Morgan fingerprint density at radius 2 is 1.47 bits per heavy atom. The first kappa shape index (κ1) is 20.1. The maximum absolute atomic E-state index is 13.4. The van der Waals surface area contributed by atoms with Crippen molar-refractivity contribution in [3.8, 4) is 0 Å². The van der Waals surface area contributed by atoms with Crippen molar-refractivity contribution in [3.63, 3.8) is 0 Å². The van der Waals surface area contributed by atoms with E-state index in [1.807, 2.05) is 67.6 Å². The topological polar surface area (TPSA) is 54.5 Å². The van der Waals surface area contributed by atoms with Gasteiger partial charge in [-0.2, -0.15) is 0 Å². The number of hydrogen-bond donors (Lipinski definition) is 0. The molecule has 1 atom stereocenters. The highest BCUT2D eigenvalue weighted by atomic mass is 32.2. The zero-order valence-corrected chi connectivity index (χ0v) is 17.5. The van der Waals surface area contributed by atoms with Crippen molar-refractivity contribution < 1.29 is 13.2 Å². The largest absolute Gasteiger partial charge is 0.313 e. The number of allylic oxidation sites excluding steroid dienone is 1. The van der Waals surface area contributed by atoms with Crippen LogP contribution < -0.4 is 0 Å². The Morgan fingerprint density at radius 1 is 0.867 bits per heavy atom. The number of nitrogens with zero attached hydrogens (tertiary/aromatic N) is 1. The van der Waals surface area contributed by atoms with Crippen LogP contribution >= 0.6 is 0 Å². The first-order chi connectivity index (χ1) is 14.4. The molecule has 3 aromatic rings. The van der Waals surface area contributed by atoms with Crippen LogP contribution in [-0.4, -0.2) is 24.5 Å². The molecule has 1 unspecified atom stereocenters. The Kier molecular flexibility index (Phi) is 5.55. The van der Waals surface area contributed by atoms with Gasteiger partial charge in [0.2, 0.25) is 5.91 Å². The zero-order chi connectivity index (χ0) is 21.1. The van der Waals surface area contributed by atoms with Gasteiger partial charge in [0, 0.05) is 12.6 Å². The van der Waals surface area contributed by atoms with Gasteiger partial charge in [0.05, 0.1) is 11.4 Å². The fourth-order valence-electron chi connectivity index (χ4n) is 3.66. The van der Waals surface area contributed by atoms with Crippen molar-refractivity contribution >= 4 is 21.3 Å². The Labute approximate surface area is 177 Å². The minimum absolute atomic E-state index is 0.157. The molecule has 0 saturated carbocycles. The van der Waals surface area contributed by atoms with E-state index in [4.69, 9.17) is 0 Å². The number of carbonyl (C=O) groups is 1. The molecule has 0 spiro atoms. The molecule has 1 aliphatic heterocycles. The van der Waals surface area contributed by atoms with Gasteiger partial charge in [-0.15, -0.1) is 0 Å². The lowest BCUT2D eigenvalue weighted by Gasteiger charge is -2.31. The minimum atomic E-state index is -3.83. The Morgan fingerprint density at radius 3 is 2.10 bits per heavy atom. The molecule has 0 aromatic heterocycles. The standard InChI is InChI=1S/C25H23NO3S/c1-19-12-14-23(15-13-19)30(28,29)24-16-22(21-10-6-3-7-11-21)18-26(25(24)27)17-20-8-4-2-5-9-20/h2-15,18,24H,16-17H2,1H3. The molecular weight excluding hydrogens is 394 g/mol. The number of hydrogen-bond acceptors (Lipinski definition) is 3. The molecule has 4 nitrogen and oxygen atoms in total.